The summed E-state index contributed by atoms with van der Waals surface area (Å²) in [4.78, 5) is 0. The highest BCUT2D eigenvalue weighted by Gasteiger charge is 2.05. The van der Waals surface area contributed by atoms with E-state index >= 15 is 0 Å². The molecule has 0 aliphatic rings. The fraction of sp³-hybridized carbons (Fsp3) is 1.00. The molecule has 0 aliphatic carbocycles. The first-order valence-electron chi connectivity index (χ1n) is 5.47. The maximum Gasteiger partial charge on any atom is 0.0615 e. The second-order valence-electron chi connectivity index (χ2n) is 3.53. The third-order valence-corrected chi connectivity index (χ3v) is 2.19. The zero-order chi connectivity index (χ0) is 10.6. The number of hydrogen-bond acceptors (Lipinski definition) is 4. The summed E-state index contributed by atoms with van der Waals surface area (Å²) in [5.41, 5.74) is 10.9. The van der Waals surface area contributed by atoms with Gasteiger partial charge >= 0.3 is 0 Å². The van der Waals surface area contributed by atoms with E-state index in [1.165, 1.54) is 0 Å². The Morgan fingerprint density at radius 2 is 1.86 bits per heavy atom. The standard InChI is InChI=1S/C10H25N3O/c1-14-9-10(5-4-7-12)13-8-3-2-6-11/h10,13H,2-9,11-12H2,1H3. The van der Waals surface area contributed by atoms with Crippen LogP contribution in [0.1, 0.15) is 25.7 Å². The van der Waals surface area contributed by atoms with Crippen LogP contribution in [0.3, 0.4) is 0 Å². The molecule has 0 amide bonds. The van der Waals surface area contributed by atoms with E-state index in [2.05, 4.69) is 5.32 Å². The molecule has 5 N–H and O–H groups in total. The first-order chi connectivity index (χ1) is 6.85. The molecule has 4 heteroatoms. The molecular weight excluding hydrogens is 178 g/mol. The van der Waals surface area contributed by atoms with E-state index in [-0.39, 0.29) is 0 Å². The highest BCUT2D eigenvalue weighted by Crippen LogP contribution is 1.97. The van der Waals surface area contributed by atoms with E-state index < -0.39 is 0 Å². The minimum absolute atomic E-state index is 0.446. The highest BCUT2D eigenvalue weighted by molar-refractivity contribution is 4.66. The van der Waals surface area contributed by atoms with Crippen molar-refractivity contribution in [3.05, 3.63) is 0 Å². The maximum atomic E-state index is 5.46. The third-order valence-electron chi connectivity index (χ3n) is 2.19. The Balaban J connectivity index is 3.40. The lowest BCUT2D eigenvalue weighted by atomic mass is 10.1. The van der Waals surface area contributed by atoms with Crippen molar-refractivity contribution in [3.63, 3.8) is 0 Å². The Morgan fingerprint density at radius 3 is 2.43 bits per heavy atom. The van der Waals surface area contributed by atoms with E-state index in [1.54, 1.807) is 7.11 Å². The molecular formula is C10H25N3O. The van der Waals surface area contributed by atoms with E-state index in [0.29, 0.717) is 6.04 Å². The zero-order valence-electron chi connectivity index (χ0n) is 9.30. The molecule has 0 bridgehead atoms. The third kappa shape index (κ3) is 8.44. The number of nitrogens with one attached hydrogen (secondary N) is 1. The van der Waals surface area contributed by atoms with Crippen molar-refractivity contribution < 1.29 is 4.74 Å². The molecule has 0 aromatic carbocycles. The van der Waals surface area contributed by atoms with Crippen LogP contribution >= 0.6 is 0 Å². The van der Waals surface area contributed by atoms with Crippen LogP contribution in [0, 0.1) is 0 Å². The average molecular weight is 203 g/mol. The Morgan fingerprint density at radius 1 is 1.14 bits per heavy atom. The molecule has 14 heavy (non-hydrogen) atoms. The highest BCUT2D eigenvalue weighted by atomic mass is 16.5. The Kier molecular flexibility index (Phi) is 10.8. The number of methoxy groups -OCH3 is 1. The van der Waals surface area contributed by atoms with Gasteiger partial charge in [0, 0.05) is 13.2 Å². The first-order valence-corrected chi connectivity index (χ1v) is 5.47. The fourth-order valence-corrected chi connectivity index (χ4v) is 1.39. The number of unbranched alkanes of at least 4 members (excludes halogenated alkanes) is 1. The monoisotopic (exact) mass is 203 g/mol. The molecule has 1 unspecified atom stereocenters. The summed E-state index contributed by atoms with van der Waals surface area (Å²) in [5.74, 6) is 0. The van der Waals surface area contributed by atoms with E-state index in [1.807, 2.05) is 0 Å². The lowest BCUT2D eigenvalue weighted by Gasteiger charge is -2.17. The van der Waals surface area contributed by atoms with Crippen molar-refractivity contribution in [2.45, 2.75) is 31.7 Å². The van der Waals surface area contributed by atoms with Crippen molar-refractivity contribution in [3.8, 4) is 0 Å². The normalized spacial score (nSPS) is 13.1. The Labute approximate surface area is 87.4 Å². The summed E-state index contributed by atoms with van der Waals surface area (Å²) in [6, 6.07) is 0.446. The molecule has 86 valence electrons. The molecule has 1 atom stereocenters. The molecule has 0 saturated heterocycles. The lowest BCUT2D eigenvalue weighted by molar-refractivity contribution is 0.161. The summed E-state index contributed by atoms with van der Waals surface area (Å²) in [6.45, 7) is 3.32. The minimum Gasteiger partial charge on any atom is -0.383 e. The van der Waals surface area contributed by atoms with Crippen LogP contribution < -0.4 is 16.8 Å². The summed E-state index contributed by atoms with van der Waals surface area (Å²) in [5, 5.41) is 3.45. The quantitative estimate of drug-likeness (QED) is 0.439. The molecule has 0 aliphatic heterocycles. The van der Waals surface area contributed by atoms with Crippen molar-refractivity contribution in [2.75, 3.05) is 33.4 Å². The van der Waals surface area contributed by atoms with Gasteiger partial charge in [-0.2, -0.15) is 0 Å². The fourth-order valence-electron chi connectivity index (χ4n) is 1.39. The van der Waals surface area contributed by atoms with Crippen LogP contribution in [0.2, 0.25) is 0 Å². The maximum absolute atomic E-state index is 5.46. The van der Waals surface area contributed by atoms with Gasteiger partial charge < -0.3 is 21.5 Å². The number of hydrogen-bond donors (Lipinski definition) is 3. The number of nitrogens with two attached hydrogens (primary N) is 2. The Bertz CT molecular complexity index is 112. The molecule has 0 aromatic heterocycles. The zero-order valence-corrected chi connectivity index (χ0v) is 9.30. The van der Waals surface area contributed by atoms with Crippen molar-refractivity contribution in [1.82, 2.24) is 5.32 Å². The van der Waals surface area contributed by atoms with Gasteiger partial charge in [0.25, 0.3) is 0 Å². The topological polar surface area (TPSA) is 73.3 Å². The number of ether oxygens (including phenoxy) is 1. The van der Waals surface area contributed by atoms with Crippen molar-refractivity contribution in [2.24, 2.45) is 11.5 Å². The van der Waals surface area contributed by atoms with Gasteiger partial charge in [-0.05, 0) is 45.3 Å². The summed E-state index contributed by atoms with van der Waals surface area (Å²) < 4.78 is 5.13. The van der Waals surface area contributed by atoms with Gasteiger partial charge in [-0.1, -0.05) is 0 Å². The van der Waals surface area contributed by atoms with Crippen molar-refractivity contribution >= 4 is 0 Å². The van der Waals surface area contributed by atoms with E-state index in [4.69, 9.17) is 16.2 Å². The molecule has 0 rings (SSSR count). The van der Waals surface area contributed by atoms with Crippen LogP contribution in [0.25, 0.3) is 0 Å². The van der Waals surface area contributed by atoms with Gasteiger partial charge in [0.05, 0.1) is 6.61 Å². The molecule has 0 radical (unpaired) electrons. The van der Waals surface area contributed by atoms with Crippen LogP contribution in [-0.4, -0.2) is 39.4 Å². The predicted octanol–water partition coefficient (Wildman–Crippen LogP) is 0.0688. The second-order valence-corrected chi connectivity index (χ2v) is 3.53. The smallest absolute Gasteiger partial charge is 0.0615 e. The predicted molar refractivity (Wildman–Crippen MR) is 60.2 cm³/mol. The van der Waals surface area contributed by atoms with Gasteiger partial charge in [0.15, 0.2) is 0 Å². The summed E-state index contributed by atoms with van der Waals surface area (Å²) in [7, 11) is 1.73. The second kappa shape index (κ2) is 10.9. The number of rotatable bonds is 10. The van der Waals surface area contributed by atoms with Gasteiger partial charge in [-0.3, -0.25) is 0 Å². The van der Waals surface area contributed by atoms with Gasteiger partial charge in [0.1, 0.15) is 0 Å². The molecule has 0 fully saturated rings. The molecule has 0 saturated carbocycles. The van der Waals surface area contributed by atoms with Gasteiger partial charge in [-0.15, -0.1) is 0 Å². The molecule has 0 heterocycles. The largest absolute Gasteiger partial charge is 0.383 e. The van der Waals surface area contributed by atoms with Crippen LogP contribution in [-0.2, 0) is 4.74 Å². The summed E-state index contributed by atoms with van der Waals surface area (Å²) in [6.07, 6.45) is 4.37. The first kappa shape index (κ1) is 13.8. The van der Waals surface area contributed by atoms with E-state index in [0.717, 1.165) is 51.9 Å². The molecule has 4 nitrogen and oxygen atoms in total. The minimum atomic E-state index is 0.446. The van der Waals surface area contributed by atoms with Crippen LogP contribution in [0.5, 0.6) is 0 Å². The van der Waals surface area contributed by atoms with Crippen LogP contribution in [0.4, 0.5) is 0 Å². The van der Waals surface area contributed by atoms with Gasteiger partial charge in [-0.25, -0.2) is 0 Å². The van der Waals surface area contributed by atoms with E-state index in [9.17, 15) is 0 Å². The van der Waals surface area contributed by atoms with Crippen molar-refractivity contribution in [1.29, 1.82) is 0 Å². The Hall–Kier alpha value is -0.160. The van der Waals surface area contributed by atoms with Crippen LogP contribution in [0.15, 0.2) is 0 Å². The average Bonchev–Trinajstić information content (AvgIpc) is 2.20. The molecule has 0 aromatic rings. The van der Waals surface area contributed by atoms with Gasteiger partial charge in [0.2, 0.25) is 0 Å². The lowest BCUT2D eigenvalue weighted by Crippen LogP contribution is -2.34. The SMILES string of the molecule is COCC(CCCN)NCCCCN. The summed E-state index contributed by atoms with van der Waals surface area (Å²) >= 11 is 0. The molecule has 0 spiro atoms.